The summed E-state index contributed by atoms with van der Waals surface area (Å²) in [6, 6.07) is 7.66. The fraction of sp³-hybridized carbons (Fsp3) is 0.250. The van der Waals surface area contributed by atoms with Gasteiger partial charge in [0.15, 0.2) is 0 Å². The Balaban J connectivity index is 2.63. The predicted octanol–water partition coefficient (Wildman–Crippen LogP) is 3.15. The van der Waals surface area contributed by atoms with Crippen LogP contribution in [-0.4, -0.2) is 16.9 Å². The minimum Gasteiger partial charge on any atom is -0.494 e. The van der Waals surface area contributed by atoms with Crippen molar-refractivity contribution in [3.05, 3.63) is 40.7 Å². The molecule has 1 heterocycles. The van der Waals surface area contributed by atoms with E-state index in [1.807, 2.05) is 38.1 Å². The molecule has 0 radical (unpaired) electrons. The van der Waals surface area contributed by atoms with Crippen molar-refractivity contribution in [1.29, 1.82) is 0 Å². The van der Waals surface area contributed by atoms with Crippen LogP contribution < -0.4 is 4.74 Å². The number of methoxy groups -OCH3 is 1. The molecule has 0 N–H and O–H groups in total. The summed E-state index contributed by atoms with van der Waals surface area (Å²) in [5.41, 5.74) is 2.77. The summed E-state index contributed by atoms with van der Waals surface area (Å²) in [4.78, 5) is 0. The van der Waals surface area contributed by atoms with Gasteiger partial charge in [-0.2, -0.15) is 5.10 Å². The van der Waals surface area contributed by atoms with Gasteiger partial charge in [0.05, 0.1) is 12.8 Å². The molecule has 0 saturated carbocycles. The van der Waals surface area contributed by atoms with Crippen LogP contribution in [0.1, 0.15) is 11.3 Å². The van der Waals surface area contributed by atoms with Gasteiger partial charge < -0.3 is 4.74 Å². The van der Waals surface area contributed by atoms with E-state index < -0.39 is 0 Å². The maximum atomic E-state index is 6.22. The quantitative estimate of drug-likeness (QED) is 0.801. The highest BCUT2D eigenvalue weighted by Gasteiger charge is 2.13. The number of aryl methyl sites for hydroxylation is 1. The minimum absolute atomic E-state index is 0.627. The number of nitrogens with zero attached hydrogens (tertiary/aromatic N) is 2. The summed E-state index contributed by atoms with van der Waals surface area (Å²) < 4.78 is 6.98. The zero-order valence-electron chi connectivity index (χ0n) is 9.49. The average Bonchev–Trinajstić information content (AvgIpc) is 2.57. The van der Waals surface area contributed by atoms with Gasteiger partial charge in [-0.05, 0) is 26.0 Å². The van der Waals surface area contributed by atoms with Gasteiger partial charge in [0, 0.05) is 5.56 Å². The van der Waals surface area contributed by atoms with Crippen molar-refractivity contribution in [3.63, 3.8) is 0 Å². The van der Waals surface area contributed by atoms with Crippen LogP contribution in [0.3, 0.4) is 0 Å². The smallest absolute Gasteiger partial charge is 0.144 e. The third kappa shape index (κ3) is 1.67. The zero-order chi connectivity index (χ0) is 11.7. The van der Waals surface area contributed by atoms with E-state index in [0.717, 1.165) is 22.7 Å². The van der Waals surface area contributed by atoms with Crippen molar-refractivity contribution in [2.75, 3.05) is 7.11 Å². The predicted molar refractivity (Wildman–Crippen MR) is 64.6 cm³/mol. The molecular formula is C12H13ClN2O. The van der Waals surface area contributed by atoms with E-state index in [9.17, 15) is 0 Å². The minimum atomic E-state index is 0.627. The normalized spacial score (nSPS) is 10.5. The fourth-order valence-electron chi connectivity index (χ4n) is 1.54. The lowest BCUT2D eigenvalue weighted by molar-refractivity contribution is 0.411. The van der Waals surface area contributed by atoms with Crippen LogP contribution in [0, 0.1) is 13.8 Å². The molecule has 0 amide bonds. The molecule has 0 aliphatic heterocycles. The van der Waals surface area contributed by atoms with Crippen molar-refractivity contribution in [1.82, 2.24) is 9.78 Å². The van der Waals surface area contributed by atoms with E-state index in [4.69, 9.17) is 16.3 Å². The van der Waals surface area contributed by atoms with E-state index in [1.165, 1.54) is 0 Å². The molecule has 1 aromatic carbocycles. The maximum absolute atomic E-state index is 6.22. The van der Waals surface area contributed by atoms with Crippen molar-refractivity contribution in [2.45, 2.75) is 13.8 Å². The summed E-state index contributed by atoms with van der Waals surface area (Å²) >= 11 is 6.22. The van der Waals surface area contributed by atoms with Gasteiger partial charge in [-0.1, -0.05) is 23.7 Å². The molecular weight excluding hydrogens is 224 g/mol. The Labute approximate surface area is 99.6 Å². The van der Waals surface area contributed by atoms with E-state index in [1.54, 1.807) is 11.8 Å². The first-order valence-corrected chi connectivity index (χ1v) is 5.38. The molecule has 0 bridgehead atoms. The first-order chi connectivity index (χ1) is 7.65. The highest BCUT2D eigenvalue weighted by Crippen LogP contribution is 2.27. The summed E-state index contributed by atoms with van der Waals surface area (Å²) in [7, 11) is 1.63. The molecule has 3 nitrogen and oxygen atoms in total. The van der Waals surface area contributed by atoms with E-state index in [-0.39, 0.29) is 0 Å². The number of rotatable bonds is 2. The van der Waals surface area contributed by atoms with E-state index in [2.05, 4.69) is 5.10 Å². The highest BCUT2D eigenvalue weighted by atomic mass is 35.5. The van der Waals surface area contributed by atoms with Crippen LogP contribution in [0.2, 0.25) is 5.15 Å². The van der Waals surface area contributed by atoms with Crippen LogP contribution in [-0.2, 0) is 0 Å². The molecule has 0 saturated heterocycles. The Hall–Kier alpha value is -1.48. The molecule has 1 aromatic heterocycles. The number of hydrogen-bond acceptors (Lipinski definition) is 2. The van der Waals surface area contributed by atoms with Crippen molar-refractivity contribution < 1.29 is 4.74 Å². The molecule has 16 heavy (non-hydrogen) atoms. The number of hydrogen-bond donors (Lipinski definition) is 0. The van der Waals surface area contributed by atoms with Crippen LogP contribution in [0.5, 0.6) is 5.75 Å². The molecule has 0 aliphatic carbocycles. The number of halogens is 1. The van der Waals surface area contributed by atoms with Gasteiger partial charge in [0.1, 0.15) is 16.6 Å². The lowest BCUT2D eigenvalue weighted by Crippen LogP contribution is -1.99. The molecule has 0 unspecified atom stereocenters. The van der Waals surface area contributed by atoms with Crippen LogP contribution in [0.25, 0.3) is 5.69 Å². The molecule has 0 spiro atoms. The highest BCUT2D eigenvalue weighted by molar-refractivity contribution is 6.30. The summed E-state index contributed by atoms with van der Waals surface area (Å²) in [6.07, 6.45) is 0. The number of ether oxygens (including phenoxy) is 1. The Kier molecular flexibility index (Phi) is 2.88. The molecule has 4 heteroatoms. The van der Waals surface area contributed by atoms with Gasteiger partial charge in [-0.3, -0.25) is 0 Å². The topological polar surface area (TPSA) is 27.1 Å². The van der Waals surface area contributed by atoms with Gasteiger partial charge in [-0.25, -0.2) is 4.68 Å². The fourth-order valence-corrected chi connectivity index (χ4v) is 1.81. The second-order valence-corrected chi connectivity index (χ2v) is 3.94. The first kappa shape index (κ1) is 11.0. The van der Waals surface area contributed by atoms with Gasteiger partial charge in [-0.15, -0.1) is 0 Å². The van der Waals surface area contributed by atoms with Crippen LogP contribution in [0.4, 0.5) is 0 Å². The monoisotopic (exact) mass is 236 g/mol. The summed E-state index contributed by atoms with van der Waals surface area (Å²) in [6.45, 7) is 3.89. The third-order valence-electron chi connectivity index (χ3n) is 2.60. The molecule has 0 atom stereocenters. The second-order valence-electron chi connectivity index (χ2n) is 3.58. The number of para-hydroxylation sites is 2. The van der Waals surface area contributed by atoms with Crippen molar-refractivity contribution in [2.24, 2.45) is 0 Å². The van der Waals surface area contributed by atoms with Crippen LogP contribution in [0.15, 0.2) is 24.3 Å². The van der Waals surface area contributed by atoms with Crippen molar-refractivity contribution >= 4 is 11.6 Å². The SMILES string of the molecule is COc1ccccc1-n1nc(C)c(C)c1Cl. The first-order valence-electron chi connectivity index (χ1n) is 5.00. The Morgan fingerprint density at radius 2 is 1.94 bits per heavy atom. The molecule has 0 fully saturated rings. The third-order valence-corrected chi connectivity index (χ3v) is 3.05. The summed E-state index contributed by atoms with van der Waals surface area (Å²) in [5, 5.41) is 5.02. The largest absolute Gasteiger partial charge is 0.494 e. The van der Waals surface area contributed by atoms with E-state index >= 15 is 0 Å². The standard InChI is InChI=1S/C12H13ClN2O/c1-8-9(2)14-15(12(8)13)10-6-4-5-7-11(10)16-3/h4-7H,1-3H3. The van der Waals surface area contributed by atoms with Crippen molar-refractivity contribution in [3.8, 4) is 11.4 Å². The Bertz CT molecular complexity index is 520. The zero-order valence-corrected chi connectivity index (χ0v) is 10.2. The molecule has 0 aliphatic rings. The summed E-state index contributed by atoms with van der Waals surface area (Å²) in [5.74, 6) is 0.756. The number of benzene rings is 1. The van der Waals surface area contributed by atoms with Gasteiger partial charge >= 0.3 is 0 Å². The van der Waals surface area contributed by atoms with E-state index in [0.29, 0.717) is 5.15 Å². The average molecular weight is 237 g/mol. The maximum Gasteiger partial charge on any atom is 0.144 e. The molecule has 2 rings (SSSR count). The molecule has 84 valence electrons. The lowest BCUT2D eigenvalue weighted by Gasteiger charge is -2.08. The second kappa shape index (κ2) is 4.18. The Morgan fingerprint density at radius 3 is 2.50 bits per heavy atom. The van der Waals surface area contributed by atoms with Gasteiger partial charge in [0.2, 0.25) is 0 Å². The molecule has 2 aromatic rings. The van der Waals surface area contributed by atoms with Crippen LogP contribution >= 0.6 is 11.6 Å². The van der Waals surface area contributed by atoms with Gasteiger partial charge in [0.25, 0.3) is 0 Å². The Morgan fingerprint density at radius 1 is 1.25 bits per heavy atom. The number of aromatic nitrogens is 2. The lowest BCUT2D eigenvalue weighted by atomic mass is 10.3.